The van der Waals surface area contributed by atoms with E-state index in [1.807, 2.05) is 0 Å². The van der Waals surface area contributed by atoms with Crippen molar-refractivity contribution in [2.45, 2.75) is 13.1 Å². The van der Waals surface area contributed by atoms with Crippen molar-refractivity contribution in [3.63, 3.8) is 0 Å². The molecule has 78 valence electrons. The van der Waals surface area contributed by atoms with E-state index >= 15 is 0 Å². The number of nitrogen functional groups attached to an aromatic ring is 1. The van der Waals surface area contributed by atoms with Crippen molar-refractivity contribution in [2.75, 3.05) is 17.6 Å². The number of alkyl halides is 3. The van der Waals surface area contributed by atoms with Gasteiger partial charge in [0.05, 0.1) is 0 Å². The van der Waals surface area contributed by atoms with Gasteiger partial charge >= 0.3 is 6.18 Å². The molecule has 0 amide bonds. The molecule has 0 saturated heterocycles. The molecular formula is C6H8F3N5. The molecule has 8 heteroatoms. The lowest BCUT2D eigenvalue weighted by Gasteiger charge is -2.07. The number of rotatable bonds is 2. The van der Waals surface area contributed by atoms with Gasteiger partial charge in [-0.3, -0.25) is 0 Å². The molecule has 1 heterocycles. The highest BCUT2D eigenvalue weighted by Gasteiger charge is 2.35. The first kappa shape index (κ1) is 10.5. The number of aromatic nitrogens is 3. The first-order valence-electron chi connectivity index (χ1n) is 3.76. The summed E-state index contributed by atoms with van der Waals surface area (Å²) in [5.41, 5.74) is 5.08. The smallest absolute Gasteiger partial charge is 0.368 e. The molecule has 14 heavy (non-hydrogen) atoms. The second kappa shape index (κ2) is 3.64. The average Bonchev–Trinajstić information content (AvgIpc) is 2.02. The van der Waals surface area contributed by atoms with Crippen molar-refractivity contribution in [2.24, 2.45) is 0 Å². The molecule has 0 aliphatic rings. The quantitative estimate of drug-likeness (QED) is 0.753. The Morgan fingerprint density at radius 3 is 2.43 bits per heavy atom. The van der Waals surface area contributed by atoms with E-state index in [2.05, 4.69) is 20.3 Å². The standard InChI is InChI=1S/C6H8F3N5/c1-2-11-5-13-3(6(7,8)9)12-4(10)14-5/h2H2,1H3,(H3,10,11,12,13,14). The van der Waals surface area contributed by atoms with E-state index in [1.54, 1.807) is 6.92 Å². The fourth-order valence-electron chi connectivity index (χ4n) is 0.756. The third-order valence-electron chi connectivity index (χ3n) is 1.24. The van der Waals surface area contributed by atoms with Gasteiger partial charge in [-0.15, -0.1) is 0 Å². The molecule has 0 unspecified atom stereocenters. The molecule has 0 fully saturated rings. The maximum absolute atomic E-state index is 12.2. The minimum Gasteiger partial charge on any atom is -0.368 e. The van der Waals surface area contributed by atoms with E-state index in [-0.39, 0.29) is 5.95 Å². The van der Waals surface area contributed by atoms with Gasteiger partial charge in [0.25, 0.3) is 0 Å². The Morgan fingerprint density at radius 1 is 1.29 bits per heavy atom. The van der Waals surface area contributed by atoms with E-state index in [0.29, 0.717) is 6.54 Å². The van der Waals surface area contributed by atoms with Crippen LogP contribution in [0.3, 0.4) is 0 Å². The number of halogens is 3. The highest BCUT2D eigenvalue weighted by Crippen LogP contribution is 2.26. The monoisotopic (exact) mass is 207 g/mol. The van der Waals surface area contributed by atoms with Crippen molar-refractivity contribution in [3.05, 3.63) is 5.82 Å². The third kappa shape index (κ3) is 2.44. The maximum atomic E-state index is 12.2. The Morgan fingerprint density at radius 2 is 1.93 bits per heavy atom. The zero-order chi connectivity index (χ0) is 10.8. The second-order valence-electron chi connectivity index (χ2n) is 2.37. The van der Waals surface area contributed by atoms with Crippen molar-refractivity contribution in [1.29, 1.82) is 0 Å². The summed E-state index contributed by atoms with van der Waals surface area (Å²) in [4.78, 5) is 9.62. The molecule has 0 saturated carbocycles. The van der Waals surface area contributed by atoms with Crippen LogP contribution in [0.4, 0.5) is 25.1 Å². The number of hydrogen-bond acceptors (Lipinski definition) is 5. The summed E-state index contributed by atoms with van der Waals surface area (Å²) in [7, 11) is 0. The first-order valence-corrected chi connectivity index (χ1v) is 3.76. The van der Waals surface area contributed by atoms with Crippen molar-refractivity contribution in [3.8, 4) is 0 Å². The highest BCUT2D eigenvalue weighted by atomic mass is 19.4. The largest absolute Gasteiger partial charge is 0.451 e. The normalized spacial score (nSPS) is 11.4. The van der Waals surface area contributed by atoms with Crippen LogP contribution in [0, 0.1) is 0 Å². The molecular weight excluding hydrogens is 199 g/mol. The topological polar surface area (TPSA) is 76.7 Å². The summed E-state index contributed by atoms with van der Waals surface area (Å²) in [6.45, 7) is 2.11. The molecule has 0 aromatic carbocycles. The van der Waals surface area contributed by atoms with Gasteiger partial charge < -0.3 is 11.1 Å². The van der Waals surface area contributed by atoms with E-state index < -0.39 is 17.9 Å². The van der Waals surface area contributed by atoms with Crippen LogP contribution in [0.2, 0.25) is 0 Å². The fourth-order valence-corrected chi connectivity index (χ4v) is 0.756. The number of nitrogens with zero attached hydrogens (tertiary/aromatic N) is 3. The number of anilines is 2. The molecule has 0 radical (unpaired) electrons. The predicted octanol–water partition coefficient (Wildman–Crippen LogP) is 0.904. The minimum atomic E-state index is -4.61. The zero-order valence-electron chi connectivity index (χ0n) is 7.26. The Balaban J connectivity index is 3.07. The van der Waals surface area contributed by atoms with E-state index in [9.17, 15) is 13.2 Å². The van der Waals surface area contributed by atoms with Gasteiger partial charge in [0, 0.05) is 6.54 Å². The lowest BCUT2D eigenvalue weighted by Crippen LogP contribution is -2.16. The van der Waals surface area contributed by atoms with Gasteiger partial charge in [-0.25, -0.2) is 0 Å². The van der Waals surface area contributed by atoms with Crippen LogP contribution >= 0.6 is 0 Å². The predicted molar refractivity (Wildman–Crippen MR) is 43.4 cm³/mol. The second-order valence-corrected chi connectivity index (χ2v) is 2.37. The van der Waals surface area contributed by atoms with Gasteiger partial charge in [-0.05, 0) is 6.92 Å². The molecule has 1 rings (SSSR count). The summed E-state index contributed by atoms with van der Waals surface area (Å²) >= 11 is 0. The van der Waals surface area contributed by atoms with Crippen LogP contribution in [0.25, 0.3) is 0 Å². The number of nitrogens with two attached hydrogens (primary N) is 1. The molecule has 1 aromatic rings. The Bertz CT molecular complexity index is 324. The van der Waals surface area contributed by atoms with Gasteiger partial charge in [0.15, 0.2) is 0 Å². The summed E-state index contributed by atoms with van der Waals surface area (Å²) in [5, 5.41) is 2.52. The molecule has 1 aromatic heterocycles. The van der Waals surface area contributed by atoms with Gasteiger partial charge in [-0.1, -0.05) is 0 Å². The SMILES string of the molecule is CCNc1nc(N)nc(C(F)(F)F)n1. The van der Waals surface area contributed by atoms with Crippen LogP contribution in [0.5, 0.6) is 0 Å². The van der Waals surface area contributed by atoms with E-state index in [1.165, 1.54) is 0 Å². The van der Waals surface area contributed by atoms with Gasteiger partial charge in [-0.2, -0.15) is 28.1 Å². The maximum Gasteiger partial charge on any atom is 0.451 e. The van der Waals surface area contributed by atoms with Crippen molar-refractivity contribution in [1.82, 2.24) is 15.0 Å². The Labute approximate surface area is 77.6 Å². The Hall–Kier alpha value is -1.60. The van der Waals surface area contributed by atoms with Gasteiger partial charge in [0.2, 0.25) is 17.7 Å². The molecule has 5 nitrogen and oxygen atoms in total. The van der Waals surface area contributed by atoms with Crippen LogP contribution < -0.4 is 11.1 Å². The Kier molecular flexibility index (Phi) is 2.73. The highest BCUT2D eigenvalue weighted by molar-refractivity contribution is 5.31. The van der Waals surface area contributed by atoms with E-state index in [0.717, 1.165) is 0 Å². The third-order valence-corrected chi connectivity index (χ3v) is 1.24. The van der Waals surface area contributed by atoms with Gasteiger partial charge in [0.1, 0.15) is 0 Å². The summed E-state index contributed by atoms with van der Waals surface area (Å²) in [6.07, 6.45) is -4.61. The molecule has 0 spiro atoms. The van der Waals surface area contributed by atoms with Crippen LogP contribution in [0.15, 0.2) is 0 Å². The molecule has 0 aliphatic heterocycles. The average molecular weight is 207 g/mol. The van der Waals surface area contributed by atoms with Crippen molar-refractivity contribution < 1.29 is 13.2 Å². The number of hydrogen-bond donors (Lipinski definition) is 2. The number of nitrogens with one attached hydrogen (secondary N) is 1. The summed E-state index contributed by atoms with van der Waals surface area (Å²) in [5.74, 6) is -1.92. The summed E-state index contributed by atoms with van der Waals surface area (Å²) < 4.78 is 36.5. The van der Waals surface area contributed by atoms with Crippen molar-refractivity contribution >= 4 is 11.9 Å². The fraction of sp³-hybridized carbons (Fsp3) is 0.500. The molecule has 0 bridgehead atoms. The molecule has 0 atom stereocenters. The lowest BCUT2D eigenvalue weighted by molar-refractivity contribution is -0.144. The first-order chi connectivity index (χ1) is 6.43. The van der Waals surface area contributed by atoms with E-state index in [4.69, 9.17) is 5.73 Å². The van der Waals surface area contributed by atoms with Crippen LogP contribution in [0.1, 0.15) is 12.7 Å². The minimum absolute atomic E-state index is 0.174. The van der Waals surface area contributed by atoms with Crippen LogP contribution in [-0.4, -0.2) is 21.5 Å². The summed E-state index contributed by atoms with van der Waals surface area (Å²) in [6, 6.07) is 0. The van der Waals surface area contributed by atoms with Crippen LogP contribution in [-0.2, 0) is 6.18 Å². The molecule has 0 aliphatic carbocycles. The zero-order valence-corrected chi connectivity index (χ0v) is 7.26. The lowest BCUT2D eigenvalue weighted by atomic mass is 10.6. The molecule has 3 N–H and O–H groups in total.